The highest BCUT2D eigenvalue weighted by atomic mass is 16.6. The molecule has 0 unspecified atom stereocenters. The van der Waals surface area contributed by atoms with Gasteiger partial charge in [0, 0.05) is 5.56 Å². The second kappa shape index (κ2) is 6.65. The molecule has 0 heterocycles. The number of fused-ring (bicyclic) bond motifs is 2. The Kier molecular flexibility index (Phi) is 4.64. The van der Waals surface area contributed by atoms with Crippen LogP contribution in [0.1, 0.15) is 70.7 Å². The van der Waals surface area contributed by atoms with Crippen molar-refractivity contribution in [3.8, 4) is 5.75 Å². The van der Waals surface area contributed by atoms with Crippen molar-refractivity contribution in [2.24, 2.45) is 0 Å². The summed E-state index contributed by atoms with van der Waals surface area (Å²) in [6, 6.07) is 8.86. The van der Waals surface area contributed by atoms with Crippen LogP contribution >= 0.6 is 0 Å². The molecule has 27 heavy (non-hydrogen) atoms. The molecule has 1 N–H and O–H groups in total. The maximum atomic E-state index is 12.9. The van der Waals surface area contributed by atoms with Gasteiger partial charge in [0.05, 0.1) is 17.5 Å². The molecule has 5 heteroatoms. The third-order valence-corrected chi connectivity index (χ3v) is 4.44. The van der Waals surface area contributed by atoms with E-state index >= 15 is 0 Å². The Morgan fingerprint density at radius 1 is 1.15 bits per heavy atom. The van der Waals surface area contributed by atoms with Crippen LogP contribution in [-0.2, 0) is 22.4 Å². The molecule has 2 aromatic rings. The van der Waals surface area contributed by atoms with E-state index in [1.807, 2.05) is 12.1 Å². The lowest BCUT2D eigenvalue weighted by molar-refractivity contribution is -0.153. The average molecular weight is 366 g/mol. The summed E-state index contributed by atoms with van der Waals surface area (Å²) in [4.78, 5) is 37.3. The number of hydrogen-bond donors (Lipinski definition) is 1. The minimum absolute atomic E-state index is 0.00680. The van der Waals surface area contributed by atoms with Gasteiger partial charge in [0.15, 0.2) is 11.6 Å². The van der Waals surface area contributed by atoms with Crippen molar-refractivity contribution >= 4 is 17.5 Å². The Morgan fingerprint density at radius 3 is 2.44 bits per heavy atom. The van der Waals surface area contributed by atoms with E-state index in [1.54, 1.807) is 39.0 Å². The van der Waals surface area contributed by atoms with Crippen LogP contribution in [0.5, 0.6) is 5.75 Å². The van der Waals surface area contributed by atoms with Gasteiger partial charge >= 0.3 is 5.97 Å². The van der Waals surface area contributed by atoms with Crippen LogP contribution in [0.2, 0.25) is 0 Å². The number of ether oxygens (including phenoxy) is 1. The van der Waals surface area contributed by atoms with E-state index in [-0.39, 0.29) is 29.1 Å². The predicted octanol–water partition coefficient (Wildman–Crippen LogP) is 3.61. The third-order valence-electron chi connectivity index (χ3n) is 4.44. The summed E-state index contributed by atoms with van der Waals surface area (Å²) < 4.78 is 5.34. The van der Waals surface area contributed by atoms with Crippen molar-refractivity contribution in [1.29, 1.82) is 0 Å². The molecule has 5 nitrogen and oxygen atoms in total. The Labute approximate surface area is 158 Å². The number of hydrogen-bond acceptors (Lipinski definition) is 5. The lowest BCUT2D eigenvalue weighted by Gasteiger charge is -2.23. The number of benzene rings is 2. The summed E-state index contributed by atoms with van der Waals surface area (Å²) in [5.41, 5.74) is 1.86. The summed E-state index contributed by atoms with van der Waals surface area (Å²) >= 11 is 0. The number of esters is 1. The number of rotatable bonds is 3. The summed E-state index contributed by atoms with van der Waals surface area (Å²) in [5, 5.41) is 10.7. The van der Waals surface area contributed by atoms with Crippen LogP contribution in [0, 0.1) is 0 Å². The number of carbonyl (C=O) groups is 3. The first-order valence-corrected chi connectivity index (χ1v) is 8.81. The highest BCUT2D eigenvalue weighted by Crippen LogP contribution is 2.37. The highest BCUT2D eigenvalue weighted by Gasteiger charge is 2.31. The fraction of sp³-hybridized carbons (Fsp3) is 0.318. The van der Waals surface area contributed by atoms with Crippen molar-refractivity contribution in [2.45, 2.75) is 46.1 Å². The van der Waals surface area contributed by atoms with Gasteiger partial charge in [-0.25, -0.2) is 0 Å². The summed E-state index contributed by atoms with van der Waals surface area (Å²) in [7, 11) is 0. The molecule has 1 aliphatic carbocycles. The molecule has 3 rings (SSSR count). The molecule has 0 aromatic heterocycles. The van der Waals surface area contributed by atoms with E-state index in [2.05, 4.69) is 0 Å². The quantitative estimate of drug-likeness (QED) is 0.566. The largest absolute Gasteiger partial charge is 0.506 e. The van der Waals surface area contributed by atoms with Crippen LogP contribution in [0.25, 0.3) is 0 Å². The lowest BCUT2D eigenvalue weighted by Crippen LogP contribution is -2.26. The predicted molar refractivity (Wildman–Crippen MR) is 100 cm³/mol. The SMILES string of the molecule is CC(=O)c1c(CC(=O)OC(C)(C)C)cc2c(c1O)C(=O)c1ccccc1C2. The topological polar surface area (TPSA) is 80.7 Å². The number of phenolic OH excluding ortho intramolecular Hbond substituents is 1. The van der Waals surface area contributed by atoms with Crippen LogP contribution in [0.4, 0.5) is 0 Å². The maximum absolute atomic E-state index is 12.9. The second-order valence-electron chi connectivity index (χ2n) is 7.78. The summed E-state index contributed by atoms with van der Waals surface area (Å²) in [5.74, 6) is -1.55. The molecule has 0 radical (unpaired) electrons. The minimum Gasteiger partial charge on any atom is -0.506 e. The average Bonchev–Trinajstić information content (AvgIpc) is 2.52. The zero-order valence-corrected chi connectivity index (χ0v) is 15.9. The Balaban J connectivity index is 2.10. The van der Waals surface area contributed by atoms with Crippen LogP contribution in [0.3, 0.4) is 0 Å². The zero-order chi connectivity index (χ0) is 19.9. The van der Waals surface area contributed by atoms with Crippen LogP contribution in [-0.4, -0.2) is 28.2 Å². The molecular weight excluding hydrogens is 344 g/mol. The number of Topliss-reactive ketones (excluding diaryl/α,β-unsaturated/α-hetero) is 1. The molecule has 0 atom stereocenters. The molecule has 2 aromatic carbocycles. The van der Waals surface area contributed by atoms with Gasteiger partial charge in [-0.05, 0) is 50.8 Å². The van der Waals surface area contributed by atoms with Gasteiger partial charge in [-0.15, -0.1) is 0 Å². The van der Waals surface area contributed by atoms with E-state index in [1.165, 1.54) is 6.92 Å². The minimum atomic E-state index is -0.654. The van der Waals surface area contributed by atoms with Crippen molar-refractivity contribution < 1.29 is 24.2 Å². The van der Waals surface area contributed by atoms with Crippen molar-refractivity contribution in [2.75, 3.05) is 0 Å². The number of aromatic hydroxyl groups is 1. The summed E-state index contributed by atoms with van der Waals surface area (Å²) in [6.45, 7) is 6.59. The molecule has 0 amide bonds. The molecule has 0 saturated heterocycles. The normalized spacial score (nSPS) is 13.0. The second-order valence-corrected chi connectivity index (χ2v) is 7.78. The van der Waals surface area contributed by atoms with Gasteiger partial charge in [-0.3, -0.25) is 14.4 Å². The lowest BCUT2D eigenvalue weighted by atomic mass is 9.81. The molecule has 140 valence electrons. The Hall–Kier alpha value is -2.95. The fourth-order valence-electron chi connectivity index (χ4n) is 3.48. The third kappa shape index (κ3) is 3.63. The van der Waals surface area contributed by atoms with E-state index in [9.17, 15) is 19.5 Å². The van der Waals surface area contributed by atoms with Crippen molar-refractivity contribution in [3.05, 3.63) is 63.7 Å². The Bertz CT molecular complexity index is 963. The van der Waals surface area contributed by atoms with Gasteiger partial charge in [-0.1, -0.05) is 30.3 Å². The molecular formula is C22H22O5. The number of phenols is 1. The smallest absolute Gasteiger partial charge is 0.310 e. The van der Waals surface area contributed by atoms with Gasteiger partial charge in [0.25, 0.3) is 0 Å². The van der Waals surface area contributed by atoms with Crippen molar-refractivity contribution in [1.82, 2.24) is 0 Å². The standard InChI is InChI=1S/C22H22O5/c1-12(23)18-15(11-17(24)27-22(2,3)4)10-14-9-13-7-5-6-8-16(13)20(25)19(14)21(18)26/h5-8,10,26H,9,11H2,1-4H3. The monoisotopic (exact) mass is 366 g/mol. The number of ketones is 2. The van der Waals surface area contributed by atoms with E-state index in [0.717, 1.165) is 5.56 Å². The highest BCUT2D eigenvalue weighted by molar-refractivity contribution is 6.16. The van der Waals surface area contributed by atoms with Crippen LogP contribution < -0.4 is 0 Å². The van der Waals surface area contributed by atoms with E-state index in [0.29, 0.717) is 23.1 Å². The Morgan fingerprint density at radius 2 is 1.81 bits per heavy atom. The van der Waals surface area contributed by atoms with Gasteiger partial charge in [0.1, 0.15) is 11.4 Å². The van der Waals surface area contributed by atoms with Gasteiger partial charge in [-0.2, -0.15) is 0 Å². The fourth-order valence-corrected chi connectivity index (χ4v) is 3.48. The van der Waals surface area contributed by atoms with Gasteiger partial charge < -0.3 is 9.84 Å². The summed E-state index contributed by atoms with van der Waals surface area (Å²) in [6.07, 6.45) is 0.299. The first-order valence-electron chi connectivity index (χ1n) is 8.81. The molecule has 0 fully saturated rings. The first-order chi connectivity index (χ1) is 12.6. The van der Waals surface area contributed by atoms with E-state index in [4.69, 9.17) is 4.74 Å². The molecule has 0 spiro atoms. The molecule has 0 bridgehead atoms. The molecule has 0 aliphatic heterocycles. The molecule has 0 saturated carbocycles. The van der Waals surface area contributed by atoms with Gasteiger partial charge in [0.2, 0.25) is 0 Å². The number of carbonyl (C=O) groups excluding carboxylic acids is 3. The zero-order valence-electron chi connectivity index (χ0n) is 15.9. The van der Waals surface area contributed by atoms with E-state index < -0.39 is 17.4 Å². The first kappa shape index (κ1) is 18.8. The maximum Gasteiger partial charge on any atom is 0.310 e. The van der Waals surface area contributed by atoms with Crippen molar-refractivity contribution in [3.63, 3.8) is 0 Å². The molecule has 1 aliphatic rings. The van der Waals surface area contributed by atoms with Crippen LogP contribution in [0.15, 0.2) is 30.3 Å².